The van der Waals surface area contributed by atoms with Crippen LogP contribution < -0.4 is 0 Å². The molecule has 110 valence electrons. The number of fused-ring (bicyclic) bond motifs is 1. The first-order valence-corrected chi connectivity index (χ1v) is 11.1. The molecule has 0 bridgehead atoms. The Balaban J connectivity index is 2.09. The van der Waals surface area contributed by atoms with Crippen LogP contribution in [0.5, 0.6) is 0 Å². The van der Waals surface area contributed by atoms with Crippen LogP contribution in [0.3, 0.4) is 0 Å². The van der Waals surface area contributed by atoms with Crippen LogP contribution in [0.2, 0.25) is 30.8 Å². The van der Waals surface area contributed by atoms with E-state index in [9.17, 15) is 0 Å². The van der Waals surface area contributed by atoms with E-state index in [0.29, 0.717) is 11.9 Å². The average molecular weight is 312 g/mol. The zero-order chi connectivity index (χ0) is 14.8. The second-order valence-corrected chi connectivity index (χ2v) is 12.2. The minimum Gasteiger partial charge on any atom is -0.361 e. The lowest BCUT2D eigenvalue weighted by Crippen LogP contribution is -2.22. The van der Waals surface area contributed by atoms with Crippen LogP contribution in [-0.2, 0) is 17.9 Å². The molecule has 2 aromatic rings. The number of imidazole rings is 1. The van der Waals surface area contributed by atoms with Crippen molar-refractivity contribution in [1.29, 1.82) is 0 Å². The zero-order valence-corrected chi connectivity index (χ0v) is 14.4. The summed E-state index contributed by atoms with van der Waals surface area (Å²) in [6, 6.07) is 3.04. The minimum atomic E-state index is -1.04. The normalized spacial score (nSPS) is 12.2. The summed E-state index contributed by atoms with van der Waals surface area (Å²) < 4.78 is 7.67. The summed E-state index contributed by atoms with van der Waals surface area (Å²) in [5.41, 5.74) is 2.86. The maximum Gasteiger partial charge on any atom is 0.163 e. The predicted octanol–water partition coefficient (Wildman–Crippen LogP) is 3.96. The van der Waals surface area contributed by atoms with E-state index in [4.69, 9.17) is 16.3 Å². The van der Waals surface area contributed by atoms with Gasteiger partial charge in [-0.1, -0.05) is 38.2 Å². The highest BCUT2D eigenvalue weighted by molar-refractivity contribution is 6.76. The topological polar surface area (TPSA) is 39.9 Å². The molecule has 0 unspecified atom stereocenters. The van der Waals surface area contributed by atoms with Crippen molar-refractivity contribution in [1.82, 2.24) is 14.5 Å². The van der Waals surface area contributed by atoms with E-state index in [2.05, 4.69) is 36.5 Å². The van der Waals surface area contributed by atoms with Gasteiger partial charge >= 0.3 is 0 Å². The average Bonchev–Trinajstić information content (AvgIpc) is 2.75. The number of ether oxygens (including phenoxy) is 1. The first kappa shape index (κ1) is 15.5. The third-order valence-electron chi connectivity index (χ3n) is 3.23. The number of halogens is 1. The first-order chi connectivity index (χ1) is 9.40. The van der Waals surface area contributed by atoms with E-state index in [-0.39, 0.29) is 0 Å². The van der Waals surface area contributed by atoms with Crippen molar-refractivity contribution in [2.24, 2.45) is 0 Å². The molecule has 0 atom stereocenters. The van der Waals surface area contributed by atoms with E-state index in [1.165, 1.54) is 0 Å². The summed E-state index contributed by atoms with van der Waals surface area (Å²) in [6.45, 7) is 10.4. The van der Waals surface area contributed by atoms with Gasteiger partial charge in [-0.05, 0) is 24.1 Å². The molecule has 0 aliphatic heterocycles. The van der Waals surface area contributed by atoms with Crippen molar-refractivity contribution < 1.29 is 4.74 Å². The number of hydrogen-bond donors (Lipinski definition) is 0. The predicted molar refractivity (Wildman–Crippen MR) is 86.0 cm³/mol. The Kier molecular flexibility index (Phi) is 4.83. The molecule has 2 heterocycles. The Bertz CT molecular complexity index is 592. The number of aromatic nitrogens is 3. The Morgan fingerprint density at radius 2 is 2.10 bits per heavy atom. The van der Waals surface area contributed by atoms with Crippen LogP contribution in [-0.4, -0.2) is 29.2 Å². The molecule has 0 saturated heterocycles. The fourth-order valence-electron chi connectivity index (χ4n) is 1.97. The molecule has 0 aliphatic carbocycles. The standard InChI is InChI=1S/C14H22ClN3OSi/c1-5-11-8-12(15)17-14-13(11)16-9-18(14)10-19-6-7-20(2,3)4/h8-9H,5-7,10H2,1-4H3. The number of rotatable bonds is 6. The first-order valence-electron chi connectivity index (χ1n) is 6.98. The van der Waals surface area contributed by atoms with Crippen LogP contribution in [0.4, 0.5) is 0 Å². The van der Waals surface area contributed by atoms with Gasteiger partial charge in [-0.2, -0.15) is 0 Å². The third-order valence-corrected chi connectivity index (χ3v) is 5.13. The molecule has 20 heavy (non-hydrogen) atoms. The summed E-state index contributed by atoms with van der Waals surface area (Å²) in [4.78, 5) is 8.79. The minimum absolute atomic E-state index is 0.484. The van der Waals surface area contributed by atoms with Crippen LogP contribution in [0.25, 0.3) is 11.2 Å². The molecule has 0 radical (unpaired) electrons. The van der Waals surface area contributed by atoms with Gasteiger partial charge in [0.05, 0.1) is 6.33 Å². The lowest BCUT2D eigenvalue weighted by atomic mass is 10.2. The highest BCUT2D eigenvalue weighted by Gasteiger charge is 2.13. The van der Waals surface area contributed by atoms with Crippen LogP contribution in [0.1, 0.15) is 12.5 Å². The van der Waals surface area contributed by atoms with E-state index in [1.54, 1.807) is 6.33 Å². The van der Waals surface area contributed by atoms with Gasteiger partial charge in [0.1, 0.15) is 17.4 Å². The lowest BCUT2D eigenvalue weighted by Gasteiger charge is -2.15. The molecular formula is C14H22ClN3OSi. The molecule has 6 heteroatoms. The van der Waals surface area contributed by atoms with Crippen molar-refractivity contribution >= 4 is 30.8 Å². The molecule has 2 rings (SSSR count). The van der Waals surface area contributed by atoms with E-state index >= 15 is 0 Å². The molecule has 0 N–H and O–H groups in total. The quantitative estimate of drug-likeness (QED) is 0.460. The highest BCUT2D eigenvalue weighted by Crippen LogP contribution is 2.20. The smallest absolute Gasteiger partial charge is 0.163 e. The van der Waals surface area contributed by atoms with Crippen molar-refractivity contribution in [3.8, 4) is 0 Å². The van der Waals surface area contributed by atoms with Gasteiger partial charge in [0.25, 0.3) is 0 Å². The summed E-state index contributed by atoms with van der Waals surface area (Å²) in [6.07, 6.45) is 2.67. The zero-order valence-electron chi connectivity index (χ0n) is 12.6. The summed E-state index contributed by atoms with van der Waals surface area (Å²) >= 11 is 6.07. The lowest BCUT2D eigenvalue weighted by molar-refractivity contribution is 0.0895. The maximum atomic E-state index is 6.07. The Labute approximate surface area is 126 Å². The van der Waals surface area contributed by atoms with Crippen LogP contribution in [0.15, 0.2) is 12.4 Å². The molecule has 0 spiro atoms. The van der Waals surface area contributed by atoms with E-state index < -0.39 is 8.07 Å². The summed E-state index contributed by atoms with van der Waals surface area (Å²) in [5, 5.41) is 0.512. The van der Waals surface area contributed by atoms with E-state index in [1.807, 2.05) is 10.6 Å². The number of aryl methyl sites for hydroxylation is 1. The SMILES string of the molecule is CCc1cc(Cl)nc2c1ncn2COCC[Si](C)(C)C. The van der Waals surface area contributed by atoms with Crippen molar-refractivity contribution in [3.63, 3.8) is 0 Å². The number of pyridine rings is 1. The summed E-state index contributed by atoms with van der Waals surface area (Å²) in [5.74, 6) is 0. The highest BCUT2D eigenvalue weighted by atomic mass is 35.5. The van der Waals surface area contributed by atoms with Gasteiger partial charge in [0, 0.05) is 14.7 Å². The van der Waals surface area contributed by atoms with Gasteiger partial charge < -0.3 is 4.74 Å². The van der Waals surface area contributed by atoms with Crippen LogP contribution >= 0.6 is 11.6 Å². The largest absolute Gasteiger partial charge is 0.361 e. The van der Waals surface area contributed by atoms with Crippen molar-refractivity contribution in [2.45, 2.75) is 45.8 Å². The second-order valence-electron chi connectivity index (χ2n) is 6.19. The van der Waals surface area contributed by atoms with Crippen LogP contribution in [0, 0.1) is 0 Å². The Morgan fingerprint density at radius 1 is 1.35 bits per heavy atom. The number of nitrogens with zero attached hydrogens (tertiary/aromatic N) is 3. The second kappa shape index (κ2) is 6.24. The molecule has 0 fully saturated rings. The van der Waals surface area contributed by atoms with Gasteiger partial charge in [-0.3, -0.25) is 4.57 Å². The molecular weight excluding hydrogens is 290 g/mol. The van der Waals surface area contributed by atoms with Gasteiger partial charge in [0.2, 0.25) is 0 Å². The molecule has 4 nitrogen and oxygen atoms in total. The van der Waals surface area contributed by atoms with Gasteiger partial charge in [0.15, 0.2) is 5.65 Å². The molecule has 0 aromatic carbocycles. The molecule has 2 aromatic heterocycles. The molecule has 0 amide bonds. The van der Waals surface area contributed by atoms with E-state index in [0.717, 1.165) is 35.8 Å². The maximum absolute atomic E-state index is 6.07. The van der Waals surface area contributed by atoms with Crippen molar-refractivity contribution in [3.05, 3.63) is 23.1 Å². The van der Waals surface area contributed by atoms with Gasteiger partial charge in [-0.15, -0.1) is 0 Å². The molecule has 0 saturated carbocycles. The Hall–Kier alpha value is -0.913. The number of hydrogen-bond acceptors (Lipinski definition) is 3. The fraction of sp³-hybridized carbons (Fsp3) is 0.571. The monoisotopic (exact) mass is 311 g/mol. The van der Waals surface area contributed by atoms with Gasteiger partial charge in [-0.25, -0.2) is 9.97 Å². The fourth-order valence-corrected chi connectivity index (χ4v) is 2.94. The molecule has 0 aliphatic rings. The Morgan fingerprint density at radius 3 is 2.75 bits per heavy atom. The third kappa shape index (κ3) is 3.81. The van der Waals surface area contributed by atoms with Crippen molar-refractivity contribution in [2.75, 3.05) is 6.61 Å². The summed E-state index contributed by atoms with van der Waals surface area (Å²) in [7, 11) is -1.04.